The number of ether oxygens (including phenoxy) is 2. The number of halogens is 2. The lowest BCUT2D eigenvalue weighted by molar-refractivity contribution is -0.170. The number of nitrogens with zero attached hydrogens (tertiary/aromatic N) is 2. The Labute approximate surface area is 271 Å². The molecule has 1 N–H and O–H groups in total. The van der Waals surface area contributed by atoms with Crippen molar-refractivity contribution in [2.24, 2.45) is 5.92 Å². The third kappa shape index (κ3) is 7.04. The van der Waals surface area contributed by atoms with E-state index in [1.54, 1.807) is 5.38 Å². The van der Waals surface area contributed by atoms with Gasteiger partial charge in [-0.2, -0.15) is 0 Å². The van der Waals surface area contributed by atoms with Crippen LogP contribution in [0.4, 0.5) is 10.1 Å². The van der Waals surface area contributed by atoms with Crippen molar-refractivity contribution in [3.05, 3.63) is 63.7 Å². The van der Waals surface area contributed by atoms with E-state index >= 15 is 4.39 Å². The first kappa shape index (κ1) is 31.9. The fourth-order valence-electron chi connectivity index (χ4n) is 6.73. The molecule has 0 bridgehead atoms. The molecule has 3 aromatic rings. The normalized spacial score (nSPS) is 22.6. The number of carbonyl (C=O) groups is 3. The second-order valence-corrected chi connectivity index (χ2v) is 13.5. The van der Waals surface area contributed by atoms with Crippen molar-refractivity contribution in [2.45, 2.75) is 76.7 Å². The van der Waals surface area contributed by atoms with E-state index in [0.717, 1.165) is 68.1 Å². The van der Waals surface area contributed by atoms with Gasteiger partial charge in [-0.15, -0.1) is 11.3 Å². The highest BCUT2D eigenvalue weighted by molar-refractivity contribution is 7.17. The summed E-state index contributed by atoms with van der Waals surface area (Å²) in [7, 11) is 0. The third-order valence-electron chi connectivity index (χ3n) is 9.28. The van der Waals surface area contributed by atoms with Gasteiger partial charge in [0.25, 0.3) is 5.91 Å². The quantitative estimate of drug-likeness (QED) is 0.246. The van der Waals surface area contributed by atoms with Crippen molar-refractivity contribution >= 4 is 56.5 Å². The minimum atomic E-state index is -0.595. The fourth-order valence-corrected chi connectivity index (χ4v) is 7.91. The number of hydrogen-bond donors (Lipinski definition) is 1. The van der Waals surface area contributed by atoms with Crippen molar-refractivity contribution in [3.8, 4) is 0 Å². The summed E-state index contributed by atoms with van der Waals surface area (Å²) in [5.74, 6) is -1.34. The van der Waals surface area contributed by atoms with Gasteiger partial charge in [-0.25, -0.2) is 4.39 Å². The lowest BCUT2D eigenvalue weighted by Gasteiger charge is -2.45. The third-order valence-corrected chi connectivity index (χ3v) is 10.6. The summed E-state index contributed by atoms with van der Waals surface area (Å²) in [5, 5.41) is 5.50. The van der Waals surface area contributed by atoms with Crippen LogP contribution in [0, 0.1) is 11.7 Å². The van der Waals surface area contributed by atoms with Crippen molar-refractivity contribution in [1.82, 2.24) is 9.80 Å². The zero-order valence-electron chi connectivity index (χ0n) is 25.4. The molecular weight excluding hydrogens is 617 g/mol. The van der Waals surface area contributed by atoms with E-state index in [1.807, 2.05) is 36.1 Å². The van der Waals surface area contributed by atoms with Gasteiger partial charge in [-0.3, -0.25) is 19.3 Å². The first-order chi connectivity index (χ1) is 21.8. The minimum Gasteiger partial charge on any atom is -0.466 e. The number of rotatable bonds is 10. The van der Waals surface area contributed by atoms with E-state index < -0.39 is 5.82 Å². The number of esters is 1. The molecule has 8 nitrogen and oxygen atoms in total. The Balaban J connectivity index is 1.10. The summed E-state index contributed by atoms with van der Waals surface area (Å²) in [6.45, 7) is 4.64. The van der Waals surface area contributed by atoms with Crippen molar-refractivity contribution in [1.29, 1.82) is 0 Å². The van der Waals surface area contributed by atoms with Crippen LogP contribution in [0.1, 0.15) is 67.8 Å². The molecule has 6 rings (SSSR count). The average Bonchev–Trinajstić information content (AvgIpc) is 3.67. The predicted octanol–water partition coefficient (Wildman–Crippen LogP) is 6.65. The Bertz CT molecular complexity index is 1550. The van der Waals surface area contributed by atoms with Gasteiger partial charge in [0.15, 0.2) is 0 Å². The van der Waals surface area contributed by atoms with Crippen LogP contribution in [-0.2, 0) is 25.5 Å². The molecule has 45 heavy (non-hydrogen) atoms. The van der Waals surface area contributed by atoms with Crippen LogP contribution in [0.15, 0.2) is 41.8 Å². The number of benzene rings is 2. The van der Waals surface area contributed by atoms with Gasteiger partial charge in [-0.05, 0) is 75.6 Å². The van der Waals surface area contributed by atoms with Gasteiger partial charge >= 0.3 is 5.97 Å². The predicted molar refractivity (Wildman–Crippen MR) is 173 cm³/mol. The molecular formula is C34H39ClFN3O5S. The molecule has 2 atom stereocenters. The molecule has 2 aromatic carbocycles. The summed E-state index contributed by atoms with van der Waals surface area (Å²) in [6.07, 6.45) is 5.45. The van der Waals surface area contributed by atoms with E-state index in [2.05, 4.69) is 10.2 Å². The molecule has 2 aliphatic heterocycles. The number of hydrogen-bond acceptors (Lipinski definition) is 7. The molecule has 1 aromatic heterocycles. The smallest absolute Gasteiger partial charge is 0.308 e. The molecule has 3 aliphatic rings. The Morgan fingerprint density at radius 3 is 2.58 bits per heavy atom. The Hall–Kier alpha value is -3.05. The number of nitrogens with one attached hydrogen (secondary N) is 1. The van der Waals surface area contributed by atoms with E-state index in [4.69, 9.17) is 21.1 Å². The van der Waals surface area contributed by atoms with Crippen LogP contribution >= 0.6 is 22.9 Å². The van der Waals surface area contributed by atoms with Gasteiger partial charge in [0, 0.05) is 35.1 Å². The molecule has 240 valence electrons. The monoisotopic (exact) mass is 655 g/mol. The van der Waals surface area contributed by atoms with Gasteiger partial charge < -0.3 is 19.7 Å². The van der Waals surface area contributed by atoms with Gasteiger partial charge in [0.1, 0.15) is 12.0 Å². The van der Waals surface area contributed by atoms with Crippen molar-refractivity contribution in [2.75, 3.05) is 31.6 Å². The summed E-state index contributed by atoms with van der Waals surface area (Å²) in [6, 6.07) is 10.1. The molecule has 0 spiro atoms. The first-order valence-electron chi connectivity index (χ1n) is 15.9. The SMILES string of the molecule is CCOC(=O)C1CCC(OC([C@@H]2CCCN2C(=O)Cc2cc(Cl)c(NC(=O)c3csc4ccccc34)cc2F)N2CCC2)CC1. The van der Waals surface area contributed by atoms with E-state index in [1.165, 1.54) is 23.5 Å². The minimum absolute atomic E-state index is 0.0184. The van der Waals surface area contributed by atoms with E-state index in [-0.39, 0.29) is 64.8 Å². The molecule has 1 saturated carbocycles. The molecule has 1 aliphatic carbocycles. The highest BCUT2D eigenvalue weighted by Crippen LogP contribution is 2.34. The Morgan fingerprint density at radius 2 is 1.84 bits per heavy atom. The molecule has 2 amide bonds. The van der Waals surface area contributed by atoms with Crippen molar-refractivity contribution in [3.63, 3.8) is 0 Å². The fraction of sp³-hybridized carbons (Fsp3) is 0.500. The second-order valence-electron chi connectivity index (χ2n) is 12.1. The van der Waals surface area contributed by atoms with Crippen LogP contribution in [0.3, 0.4) is 0 Å². The number of amides is 2. The zero-order valence-corrected chi connectivity index (χ0v) is 27.0. The lowest BCUT2D eigenvalue weighted by Crippen LogP contribution is -2.57. The topological polar surface area (TPSA) is 88.2 Å². The Kier molecular flexibility index (Phi) is 10.0. The van der Waals surface area contributed by atoms with Crippen LogP contribution in [0.25, 0.3) is 10.1 Å². The number of thiophene rings is 1. The van der Waals surface area contributed by atoms with Gasteiger partial charge in [0.05, 0.1) is 47.4 Å². The van der Waals surface area contributed by atoms with Gasteiger partial charge in [0.2, 0.25) is 5.91 Å². The second kappa shape index (κ2) is 14.2. The number of carbonyl (C=O) groups excluding carboxylic acids is 3. The van der Waals surface area contributed by atoms with E-state index in [0.29, 0.717) is 18.7 Å². The molecule has 3 heterocycles. The van der Waals surface area contributed by atoms with Crippen LogP contribution in [0.2, 0.25) is 5.02 Å². The average molecular weight is 656 g/mol. The van der Waals surface area contributed by atoms with Gasteiger partial charge in [-0.1, -0.05) is 29.8 Å². The van der Waals surface area contributed by atoms with Crippen molar-refractivity contribution < 1.29 is 28.2 Å². The molecule has 1 unspecified atom stereocenters. The maximum absolute atomic E-state index is 15.4. The molecule has 11 heteroatoms. The number of fused-ring (bicyclic) bond motifs is 1. The first-order valence-corrected chi connectivity index (χ1v) is 17.2. The Morgan fingerprint density at radius 1 is 1.07 bits per heavy atom. The van der Waals surface area contributed by atoms with Crippen LogP contribution in [-0.4, -0.2) is 72.2 Å². The maximum atomic E-state index is 15.4. The number of anilines is 1. The molecule has 2 saturated heterocycles. The maximum Gasteiger partial charge on any atom is 0.308 e. The zero-order chi connectivity index (χ0) is 31.5. The van der Waals surface area contributed by atoms with Crippen LogP contribution in [0.5, 0.6) is 0 Å². The summed E-state index contributed by atoms with van der Waals surface area (Å²) >= 11 is 7.98. The largest absolute Gasteiger partial charge is 0.466 e. The highest BCUT2D eigenvalue weighted by atomic mass is 35.5. The lowest BCUT2D eigenvalue weighted by atomic mass is 9.87. The summed E-state index contributed by atoms with van der Waals surface area (Å²) in [4.78, 5) is 43.0. The van der Waals surface area contributed by atoms with Crippen LogP contribution < -0.4 is 5.32 Å². The van der Waals surface area contributed by atoms with E-state index in [9.17, 15) is 14.4 Å². The highest BCUT2D eigenvalue weighted by Gasteiger charge is 2.42. The summed E-state index contributed by atoms with van der Waals surface area (Å²) < 4.78 is 28.3. The number of likely N-dealkylation sites (tertiary alicyclic amines) is 2. The molecule has 0 radical (unpaired) electrons. The summed E-state index contributed by atoms with van der Waals surface area (Å²) in [5.41, 5.74) is 0.847. The standard InChI is InChI=1S/C34H39ClFN3O5S/c1-2-43-34(42)21-10-12-23(13-11-21)44-33(38-14-6-15-38)29-8-5-16-39(29)31(40)18-22-17-26(35)28(19-27(22)36)37-32(41)25-20-45-30-9-4-3-7-24(25)30/h3-4,7,9,17,19-21,23,29,33H,2,5-6,8,10-16,18H2,1H3,(H,37,41)/t21?,23?,29-,33?/m0/s1. The molecule has 3 fully saturated rings.